The normalized spacial score (nSPS) is 19.2. The molecule has 0 radical (unpaired) electrons. The number of aliphatic carboxylic acids is 1. The lowest BCUT2D eigenvalue weighted by Gasteiger charge is -2.25. The summed E-state index contributed by atoms with van der Waals surface area (Å²) < 4.78 is 0. The summed E-state index contributed by atoms with van der Waals surface area (Å²) in [5, 5.41) is 13.6. The van der Waals surface area contributed by atoms with Gasteiger partial charge in [0.05, 0.1) is 6.42 Å². The zero-order valence-corrected chi connectivity index (χ0v) is 15.0. The van der Waals surface area contributed by atoms with E-state index < -0.39 is 23.4 Å². The molecule has 2 rings (SSSR count). The van der Waals surface area contributed by atoms with Gasteiger partial charge in [-0.3, -0.25) is 19.7 Å². The maximum atomic E-state index is 12.7. The number of hydrogen-bond acceptors (Lipinski definition) is 4. The van der Waals surface area contributed by atoms with Crippen LogP contribution in [0.25, 0.3) is 0 Å². The molecule has 1 atom stereocenters. The number of benzene rings is 1. The minimum absolute atomic E-state index is 0.124. The zero-order chi connectivity index (χ0) is 19.5. The number of hydrogen-bond donors (Lipinski definition) is 3. The van der Waals surface area contributed by atoms with Crippen LogP contribution < -0.4 is 10.6 Å². The summed E-state index contributed by atoms with van der Waals surface area (Å²) in [6.45, 7) is 6.06. The van der Waals surface area contributed by atoms with Crippen molar-refractivity contribution in [2.45, 2.75) is 32.7 Å². The van der Waals surface area contributed by atoms with Gasteiger partial charge in [-0.1, -0.05) is 26.0 Å². The molecule has 0 aromatic heterocycles. The largest absolute Gasteiger partial charge is 0.481 e. The van der Waals surface area contributed by atoms with Crippen molar-refractivity contribution < 1.29 is 24.3 Å². The van der Waals surface area contributed by atoms with Crippen LogP contribution in [0.5, 0.6) is 0 Å². The Balaban J connectivity index is 2.19. The zero-order valence-electron chi connectivity index (χ0n) is 15.0. The van der Waals surface area contributed by atoms with Crippen LogP contribution in [0.15, 0.2) is 24.3 Å². The van der Waals surface area contributed by atoms with Gasteiger partial charge in [0, 0.05) is 18.7 Å². The van der Waals surface area contributed by atoms with E-state index in [0.29, 0.717) is 17.7 Å². The highest BCUT2D eigenvalue weighted by molar-refractivity contribution is 6.07. The number of nitrogens with zero attached hydrogens (tertiary/aromatic N) is 1. The molecule has 1 fully saturated rings. The summed E-state index contributed by atoms with van der Waals surface area (Å²) in [4.78, 5) is 48.4. The third-order valence-electron chi connectivity index (χ3n) is 4.22. The molecular formula is C18H23N3O5. The van der Waals surface area contributed by atoms with Crippen LogP contribution in [-0.2, 0) is 15.1 Å². The Morgan fingerprint density at radius 2 is 1.81 bits per heavy atom. The molecule has 26 heavy (non-hydrogen) atoms. The summed E-state index contributed by atoms with van der Waals surface area (Å²) in [6, 6.07) is 5.82. The second kappa shape index (κ2) is 7.55. The number of carbonyl (C=O) groups is 4. The highest BCUT2D eigenvalue weighted by Gasteiger charge is 2.43. The fourth-order valence-electron chi connectivity index (χ4n) is 2.82. The summed E-state index contributed by atoms with van der Waals surface area (Å²) in [5.74, 6) is -1.48. The Bertz CT molecular complexity index is 729. The minimum Gasteiger partial charge on any atom is -0.481 e. The Morgan fingerprint density at radius 1 is 1.19 bits per heavy atom. The SMILES string of the molecule is CC(C)CN(CCC(=O)O)C(=O)c1ccc([C@@]2(C)NC(=O)NC2=O)cc1. The van der Waals surface area contributed by atoms with E-state index in [4.69, 9.17) is 5.11 Å². The minimum atomic E-state index is -1.18. The van der Waals surface area contributed by atoms with Crippen LogP contribution >= 0.6 is 0 Å². The van der Waals surface area contributed by atoms with E-state index in [0.717, 1.165) is 0 Å². The van der Waals surface area contributed by atoms with Crippen molar-refractivity contribution in [3.8, 4) is 0 Å². The fraction of sp³-hybridized carbons (Fsp3) is 0.444. The van der Waals surface area contributed by atoms with Crippen LogP contribution in [0, 0.1) is 5.92 Å². The van der Waals surface area contributed by atoms with E-state index >= 15 is 0 Å². The first kappa shape index (κ1) is 19.4. The lowest BCUT2D eigenvalue weighted by atomic mass is 9.91. The van der Waals surface area contributed by atoms with Crippen molar-refractivity contribution in [1.29, 1.82) is 0 Å². The molecule has 3 N–H and O–H groups in total. The molecule has 0 aliphatic carbocycles. The third kappa shape index (κ3) is 4.19. The molecule has 8 nitrogen and oxygen atoms in total. The summed E-state index contributed by atoms with van der Waals surface area (Å²) >= 11 is 0. The highest BCUT2D eigenvalue weighted by atomic mass is 16.4. The van der Waals surface area contributed by atoms with Gasteiger partial charge in [-0.15, -0.1) is 0 Å². The molecule has 4 amide bonds. The number of amides is 4. The van der Waals surface area contributed by atoms with E-state index in [1.165, 1.54) is 4.90 Å². The van der Waals surface area contributed by atoms with Gasteiger partial charge >= 0.3 is 12.0 Å². The van der Waals surface area contributed by atoms with Gasteiger partial charge in [0.1, 0.15) is 5.54 Å². The molecule has 1 aliphatic heterocycles. The summed E-state index contributed by atoms with van der Waals surface area (Å²) in [5.41, 5.74) is -0.231. The first-order chi connectivity index (χ1) is 12.1. The van der Waals surface area contributed by atoms with E-state index in [1.807, 2.05) is 13.8 Å². The van der Waals surface area contributed by atoms with Crippen LogP contribution in [0.3, 0.4) is 0 Å². The number of rotatable bonds is 7. The standard InChI is InChI=1S/C18H23N3O5/c1-11(2)10-21(9-8-14(22)23)15(24)12-4-6-13(7-5-12)18(3)16(25)19-17(26)20-18/h4-7,11H,8-10H2,1-3H3,(H,22,23)(H2,19,20,25,26)/t18-/m1/s1. The molecular weight excluding hydrogens is 338 g/mol. The van der Waals surface area contributed by atoms with E-state index in [1.54, 1.807) is 31.2 Å². The molecule has 140 valence electrons. The number of urea groups is 1. The molecule has 1 heterocycles. The monoisotopic (exact) mass is 361 g/mol. The smallest absolute Gasteiger partial charge is 0.322 e. The molecule has 0 saturated carbocycles. The maximum absolute atomic E-state index is 12.7. The van der Waals surface area contributed by atoms with Gasteiger partial charge in [0.15, 0.2) is 0 Å². The average molecular weight is 361 g/mol. The average Bonchev–Trinajstić information content (AvgIpc) is 2.83. The van der Waals surface area contributed by atoms with Crippen molar-refractivity contribution in [2.24, 2.45) is 5.92 Å². The van der Waals surface area contributed by atoms with Gasteiger partial charge in [-0.05, 0) is 30.5 Å². The lowest BCUT2D eigenvalue weighted by Crippen LogP contribution is -2.40. The molecule has 0 spiro atoms. The van der Waals surface area contributed by atoms with Crippen LogP contribution in [0.1, 0.15) is 43.1 Å². The Morgan fingerprint density at radius 3 is 2.27 bits per heavy atom. The second-order valence-corrected chi connectivity index (χ2v) is 6.90. The van der Waals surface area contributed by atoms with E-state index in [2.05, 4.69) is 10.6 Å². The van der Waals surface area contributed by atoms with Crippen LogP contribution in [0.4, 0.5) is 4.79 Å². The Kier molecular flexibility index (Phi) is 5.64. The molecule has 0 unspecified atom stereocenters. The van der Waals surface area contributed by atoms with Crippen molar-refractivity contribution in [3.63, 3.8) is 0 Å². The first-order valence-corrected chi connectivity index (χ1v) is 8.38. The Labute approximate surface area is 151 Å². The molecule has 1 aromatic rings. The van der Waals surface area contributed by atoms with Crippen molar-refractivity contribution in [2.75, 3.05) is 13.1 Å². The van der Waals surface area contributed by atoms with Crippen LogP contribution in [0.2, 0.25) is 0 Å². The molecule has 1 aromatic carbocycles. The van der Waals surface area contributed by atoms with Gasteiger partial charge in [0.2, 0.25) is 0 Å². The predicted octanol–water partition coefficient (Wildman–Crippen LogP) is 1.31. The van der Waals surface area contributed by atoms with Gasteiger partial charge in [-0.2, -0.15) is 0 Å². The maximum Gasteiger partial charge on any atom is 0.322 e. The van der Waals surface area contributed by atoms with Gasteiger partial charge in [0.25, 0.3) is 11.8 Å². The van der Waals surface area contributed by atoms with Crippen molar-refractivity contribution >= 4 is 23.8 Å². The first-order valence-electron chi connectivity index (χ1n) is 8.38. The number of carbonyl (C=O) groups excluding carboxylic acids is 3. The predicted molar refractivity (Wildman–Crippen MR) is 93.5 cm³/mol. The Hall–Kier alpha value is -2.90. The van der Waals surface area contributed by atoms with Crippen molar-refractivity contribution in [3.05, 3.63) is 35.4 Å². The quantitative estimate of drug-likeness (QED) is 0.633. The summed E-state index contributed by atoms with van der Waals surface area (Å²) in [6.07, 6.45) is -0.124. The lowest BCUT2D eigenvalue weighted by molar-refractivity contribution is -0.137. The number of carboxylic acid groups (broad SMARTS) is 1. The molecule has 0 bridgehead atoms. The second-order valence-electron chi connectivity index (χ2n) is 6.90. The van der Waals surface area contributed by atoms with E-state index in [-0.39, 0.29) is 24.8 Å². The number of carboxylic acids is 1. The molecule has 1 saturated heterocycles. The highest BCUT2D eigenvalue weighted by Crippen LogP contribution is 2.25. The van der Waals surface area contributed by atoms with Crippen LogP contribution in [-0.4, -0.2) is 46.9 Å². The fourth-order valence-corrected chi connectivity index (χ4v) is 2.82. The number of imide groups is 1. The van der Waals surface area contributed by atoms with Gasteiger partial charge < -0.3 is 15.3 Å². The topological polar surface area (TPSA) is 116 Å². The summed E-state index contributed by atoms with van der Waals surface area (Å²) in [7, 11) is 0. The molecule has 1 aliphatic rings. The number of nitrogens with one attached hydrogen (secondary N) is 2. The third-order valence-corrected chi connectivity index (χ3v) is 4.22. The van der Waals surface area contributed by atoms with Gasteiger partial charge in [-0.25, -0.2) is 4.79 Å². The molecule has 8 heteroatoms. The van der Waals surface area contributed by atoms with E-state index in [9.17, 15) is 19.2 Å². The van der Waals surface area contributed by atoms with Crippen molar-refractivity contribution in [1.82, 2.24) is 15.5 Å².